The number of hydroxylamine groups is 1. The van der Waals surface area contributed by atoms with E-state index < -0.39 is 15.9 Å². The number of carbonyl (C=O) groups excluding carboxylic acids is 1. The van der Waals surface area contributed by atoms with Crippen molar-refractivity contribution in [3.05, 3.63) is 54.1 Å². The summed E-state index contributed by atoms with van der Waals surface area (Å²) in [4.78, 5) is 11.5. The van der Waals surface area contributed by atoms with Gasteiger partial charge in [-0.3, -0.25) is 10.0 Å². The molecule has 2 aromatic rings. The van der Waals surface area contributed by atoms with Gasteiger partial charge >= 0.3 is 0 Å². The number of ether oxygens (including phenoxy) is 2. The number of hydrogen-bond donors (Lipinski definition) is 2. The van der Waals surface area contributed by atoms with Gasteiger partial charge in [0.1, 0.15) is 11.5 Å². The smallest absolute Gasteiger partial charge is 0.244 e. The lowest BCUT2D eigenvalue weighted by Crippen LogP contribution is -2.36. The van der Waals surface area contributed by atoms with Crippen molar-refractivity contribution in [2.75, 3.05) is 27.3 Å². The maximum absolute atomic E-state index is 13.1. The largest absolute Gasteiger partial charge is 0.497 e. The fourth-order valence-electron chi connectivity index (χ4n) is 2.69. The van der Waals surface area contributed by atoms with Crippen molar-refractivity contribution in [3.8, 4) is 11.5 Å². The van der Waals surface area contributed by atoms with Gasteiger partial charge in [-0.25, -0.2) is 13.9 Å². The molecule has 2 rings (SSSR count). The number of rotatable bonds is 10. The molecule has 0 aliphatic rings. The first-order chi connectivity index (χ1) is 13.4. The van der Waals surface area contributed by atoms with Gasteiger partial charge in [-0.05, 0) is 42.3 Å². The SMILES string of the molecule is COc1ccc(S(=O)(=O)N(CCC(=O)NO)CCc2ccccc2OC)cc1. The molecule has 0 bridgehead atoms. The molecule has 0 unspecified atom stereocenters. The van der Waals surface area contributed by atoms with Gasteiger partial charge in [-0.1, -0.05) is 18.2 Å². The van der Waals surface area contributed by atoms with E-state index in [2.05, 4.69) is 0 Å². The summed E-state index contributed by atoms with van der Waals surface area (Å²) in [6.45, 7) is 0.0728. The Morgan fingerprint density at radius 1 is 1.04 bits per heavy atom. The van der Waals surface area contributed by atoms with Crippen LogP contribution in [0.2, 0.25) is 0 Å². The van der Waals surface area contributed by atoms with Crippen LogP contribution in [0.15, 0.2) is 53.4 Å². The second kappa shape index (κ2) is 10.1. The molecule has 0 aromatic heterocycles. The van der Waals surface area contributed by atoms with E-state index >= 15 is 0 Å². The zero-order valence-corrected chi connectivity index (χ0v) is 16.6. The summed E-state index contributed by atoms with van der Waals surface area (Å²) in [6, 6.07) is 13.4. The molecule has 0 saturated carbocycles. The van der Waals surface area contributed by atoms with Crippen LogP contribution in [0.4, 0.5) is 0 Å². The molecular formula is C19H24N2O6S. The number of para-hydroxylation sites is 1. The Labute approximate surface area is 164 Å². The minimum Gasteiger partial charge on any atom is -0.497 e. The average Bonchev–Trinajstić information content (AvgIpc) is 2.73. The van der Waals surface area contributed by atoms with Gasteiger partial charge in [0.15, 0.2) is 0 Å². The fraction of sp³-hybridized carbons (Fsp3) is 0.316. The van der Waals surface area contributed by atoms with Gasteiger partial charge in [0.2, 0.25) is 15.9 Å². The topological polar surface area (TPSA) is 105 Å². The number of nitrogens with one attached hydrogen (secondary N) is 1. The van der Waals surface area contributed by atoms with E-state index in [0.717, 1.165) is 5.56 Å². The summed E-state index contributed by atoms with van der Waals surface area (Å²) in [5.41, 5.74) is 2.37. The average molecular weight is 408 g/mol. The summed E-state index contributed by atoms with van der Waals surface area (Å²) in [6.07, 6.45) is 0.234. The second-order valence-electron chi connectivity index (χ2n) is 5.93. The Balaban J connectivity index is 2.25. The molecule has 8 nitrogen and oxygen atoms in total. The monoisotopic (exact) mass is 408 g/mol. The predicted octanol–water partition coefficient (Wildman–Crippen LogP) is 1.83. The van der Waals surface area contributed by atoms with E-state index in [1.807, 2.05) is 18.2 Å². The zero-order valence-electron chi connectivity index (χ0n) is 15.8. The Morgan fingerprint density at radius 3 is 2.32 bits per heavy atom. The lowest BCUT2D eigenvalue weighted by molar-refractivity contribution is -0.129. The number of carbonyl (C=O) groups is 1. The molecule has 9 heteroatoms. The second-order valence-corrected chi connectivity index (χ2v) is 7.86. The molecule has 0 aliphatic heterocycles. The molecule has 0 fully saturated rings. The minimum atomic E-state index is -3.84. The summed E-state index contributed by atoms with van der Waals surface area (Å²) in [5, 5.41) is 8.70. The Morgan fingerprint density at radius 2 is 1.71 bits per heavy atom. The number of nitrogens with zero attached hydrogens (tertiary/aromatic N) is 1. The fourth-order valence-corrected chi connectivity index (χ4v) is 4.13. The maximum Gasteiger partial charge on any atom is 0.244 e. The van der Waals surface area contributed by atoms with Crippen LogP contribution in [0.3, 0.4) is 0 Å². The lowest BCUT2D eigenvalue weighted by Gasteiger charge is -2.22. The number of amides is 1. The molecule has 2 aromatic carbocycles. The van der Waals surface area contributed by atoms with Crippen molar-refractivity contribution in [2.45, 2.75) is 17.7 Å². The Kier molecular flexibility index (Phi) is 7.80. The lowest BCUT2D eigenvalue weighted by atomic mass is 10.1. The van der Waals surface area contributed by atoms with Gasteiger partial charge in [0.25, 0.3) is 0 Å². The molecule has 1 amide bonds. The van der Waals surface area contributed by atoms with Crippen molar-refractivity contribution in [2.24, 2.45) is 0 Å². The Bertz CT molecular complexity index is 884. The van der Waals surface area contributed by atoms with Crippen molar-refractivity contribution in [1.29, 1.82) is 0 Å². The van der Waals surface area contributed by atoms with E-state index in [-0.39, 0.29) is 24.4 Å². The third kappa shape index (κ3) is 5.44. The normalized spacial score (nSPS) is 11.3. The molecule has 2 N–H and O–H groups in total. The van der Waals surface area contributed by atoms with Gasteiger partial charge in [-0.2, -0.15) is 4.31 Å². The van der Waals surface area contributed by atoms with E-state index in [9.17, 15) is 13.2 Å². The summed E-state index contributed by atoms with van der Waals surface area (Å²) < 4.78 is 37.7. The van der Waals surface area contributed by atoms with Crippen molar-refractivity contribution in [1.82, 2.24) is 9.79 Å². The maximum atomic E-state index is 13.1. The van der Waals surface area contributed by atoms with Crippen LogP contribution in [0.5, 0.6) is 11.5 Å². The molecule has 0 spiro atoms. The Hall–Kier alpha value is -2.62. The summed E-state index contributed by atoms with van der Waals surface area (Å²) in [7, 11) is -0.796. The third-order valence-electron chi connectivity index (χ3n) is 4.23. The molecule has 152 valence electrons. The highest BCUT2D eigenvalue weighted by Gasteiger charge is 2.25. The van der Waals surface area contributed by atoms with E-state index in [1.54, 1.807) is 25.3 Å². The van der Waals surface area contributed by atoms with Crippen LogP contribution in [0.25, 0.3) is 0 Å². The van der Waals surface area contributed by atoms with Crippen molar-refractivity contribution in [3.63, 3.8) is 0 Å². The molecular weight excluding hydrogens is 384 g/mol. The van der Waals surface area contributed by atoms with Gasteiger partial charge in [0, 0.05) is 19.5 Å². The third-order valence-corrected chi connectivity index (χ3v) is 6.15. The molecule has 0 atom stereocenters. The summed E-state index contributed by atoms with van der Waals surface area (Å²) in [5.74, 6) is 0.545. The van der Waals surface area contributed by atoms with E-state index in [4.69, 9.17) is 14.7 Å². The van der Waals surface area contributed by atoms with Crippen LogP contribution < -0.4 is 15.0 Å². The quantitative estimate of drug-likeness (QED) is 0.459. The first kappa shape index (κ1) is 21.7. The predicted molar refractivity (Wildman–Crippen MR) is 103 cm³/mol. The van der Waals surface area contributed by atoms with E-state index in [0.29, 0.717) is 17.9 Å². The number of benzene rings is 2. The number of hydrogen-bond acceptors (Lipinski definition) is 6. The van der Waals surface area contributed by atoms with Crippen LogP contribution in [-0.2, 0) is 21.2 Å². The molecule has 0 heterocycles. The first-order valence-corrected chi connectivity index (χ1v) is 10.1. The highest BCUT2D eigenvalue weighted by molar-refractivity contribution is 7.89. The van der Waals surface area contributed by atoms with Crippen LogP contribution in [-0.4, -0.2) is 51.1 Å². The van der Waals surface area contributed by atoms with Crippen molar-refractivity contribution >= 4 is 15.9 Å². The first-order valence-electron chi connectivity index (χ1n) is 8.61. The molecule has 0 aliphatic carbocycles. The van der Waals surface area contributed by atoms with E-state index in [1.165, 1.54) is 29.0 Å². The zero-order chi connectivity index (χ0) is 20.6. The standard InChI is InChI=1S/C19H24N2O6S/c1-26-16-7-9-17(10-8-16)28(24,25)21(14-12-19(22)20-23)13-11-15-5-3-4-6-18(15)27-2/h3-10,23H,11-14H2,1-2H3,(H,20,22). The minimum absolute atomic E-state index is 0.0735. The van der Waals surface area contributed by atoms with Crippen LogP contribution in [0, 0.1) is 0 Å². The van der Waals surface area contributed by atoms with Gasteiger partial charge in [0.05, 0.1) is 19.1 Å². The molecule has 28 heavy (non-hydrogen) atoms. The number of methoxy groups -OCH3 is 2. The highest BCUT2D eigenvalue weighted by Crippen LogP contribution is 2.22. The molecule has 0 saturated heterocycles. The molecule has 0 radical (unpaired) electrons. The summed E-state index contributed by atoms with van der Waals surface area (Å²) >= 11 is 0. The van der Waals surface area contributed by atoms with Crippen LogP contribution >= 0.6 is 0 Å². The highest BCUT2D eigenvalue weighted by atomic mass is 32.2. The number of sulfonamides is 1. The van der Waals surface area contributed by atoms with Gasteiger partial charge < -0.3 is 9.47 Å². The van der Waals surface area contributed by atoms with Crippen LogP contribution in [0.1, 0.15) is 12.0 Å². The van der Waals surface area contributed by atoms with Gasteiger partial charge in [-0.15, -0.1) is 0 Å². The van der Waals surface area contributed by atoms with Crippen molar-refractivity contribution < 1.29 is 27.9 Å².